The van der Waals surface area contributed by atoms with Crippen molar-refractivity contribution in [3.8, 4) is 0 Å². The number of halogens is 1. The zero-order valence-corrected chi connectivity index (χ0v) is 10.2. The van der Waals surface area contributed by atoms with Gasteiger partial charge in [-0.1, -0.05) is 17.7 Å². The van der Waals surface area contributed by atoms with Crippen LogP contribution < -0.4 is 5.73 Å². The lowest BCUT2D eigenvalue weighted by Crippen LogP contribution is -2.12. The van der Waals surface area contributed by atoms with E-state index in [-0.39, 0.29) is 6.04 Å². The number of rotatable bonds is 2. The number of carboxylic acid groups (broad SMARTS) is 2. The largest absolute Gasteiger partial charge is 0.473 e. The first-order valence-electron chi connectivity index (χ1n) is 5.25. The van der Waals surface area contributed by atoms with Gasteiger partial charge >= 0.3 is 11.9 Å². The van der Waals surface area contributed by atoms with Crippen LogP contribution in [0, 0.1) is 5.92 Å². The highest BCUT2D eigenvalue weighted by atomic mass is 35.5. The Morgan fingerprint density at radius 1 is 1.33 bits per heavy atom. The zero-order chi connectivity index (χ0) is 13.7. The third-order valence-electron chi connectivity index (χ3n) is 2.45. The molecule has 1 aliphatic rings. The van der Waals surface area contributed by atoms with Crippen LogP contribution in [-0.4, -0.2) is 27.1 Å². The minimum absolute atomic E-state index is 0.162. The predicted molar refractivity (Wildman–Crippen MR) is 64.2 cm³/mol. The van der Waals surface area contributed by atoms with Crippen molar-refractivity contribution in [2.45, 2.75) is 18.9 Å². The lowest BCUT2D eigenvalue weighted by molar-refractivity contribution is -0.159. The highest BCUT2D eigenvalue weighted by molar-refractivity contribution is 6.29. The molecule has 1 fully saturated rings. The van der Waals surface area contributed by atoms with E-state index < -0.39 is 11.9 Å². The van der Waals surface area contributed by atoms with Crippen LogP contribution >= 0.6 is 11.6 Å². The van der Waals surface area contributed by atoms with Gasteiger partial charge in [-0.25, -0.2) is 14.6 Å². The third kappa shape index (κ3) is 4.68. The van der Waals surface area contributed by atoms with Crippen LogP contribution in [0.15, 0.2) is 18.3 Å². The maximum absolute atomic E-state index is 9.10. The Labute approximate surface area is 108 Å². The standard InChI is InChI=1S/C9H11ClN2.C2H2O4/c10-8-4-3-7(5-12-8)9(11)6-1-2-6;3-1(4)2(5)6/h3-6,9H,1-2,11H2;(H,3,4)(H,5,6). The summed E-state index contributed by atoms with van der Waals surface area (Å²) in [6.45, 7) is 0. The molecule has 1 aromatic heterocycles. The van der Waals surface area contributed by atoms with Crippen LogP contribution in [0.5, 0.6) is 0 Å². The number of hydrogen-bond donors (Lipinski definition) is 3. The lowest BCUT2D eigenvalue weighted by atomic mass is 10.1. The molecule has 0 spiro atoms. The zero-order valence-electron chi connectivity index (χ0n) is 9.41. The van der Waals surface area contributed by atoms with E-state index in [1.54, 1.807) is 12.3 Å². The summed E-state index contributed by atoms with van der Waals surface area (Å²) in [7, 11) is 0. The number of nitrogens with two attached hydrogens (primary N) is 1. The molecule has 1 atom stereocenters. The van der Waals surface area contributed by atoms with Gasteiger partial charge in [0.25, 0.3) is 0 Å². The molecule has 0 aromatic carbocycles. The van der Waals surface area contributed by atoms with Crippen LogP contribution in [0.1, 0.15) is 24.4 Å². The van der Waals surface area contributed by atoms with Gasteiger partial charge in [-0.05, 0) is 30.4 Å². The maximum atomic E-state index is 9.10. The Bertz CT molecular complexity index is 419. The summed E-state index contributed by atoms with van der Waals surface area (Å²) < 4.78 is 0. The Morgan fingerprint density at radius 2 is 1.89 bits per heavy atom. The van der Waals surface area contributed by atoms with E-state index in [4.69, 9.17) is 37.1 Å². The first kappa shape index (κ1) is 14.4. The molecule has 1 saturated carbocycles. The Morgan fingerprint density at radius 3 is 2.22 bits per heavy atom. The Kier molecular flexibility index (Phi) is 5.06. The smallest absolute Gasteiger partial charge is 0.414 e. The fourth-order valence-corrected chi connectivity index (χ4v) is 1.42. The molecule has 0 aliphatic heterocycles. The highest BCUT2D eigenvalue weighted by Crippen LogP contribution is 2.39. The summed E-state index contributed by atoms with van der Waals surface area (Å²) in [5.74, 6) is -2.97. The van der Waals surface area contributed by atoms with Gasteiger partial charge in [-0.15, -0.1) is 0 Å². The molecule has 2 rings (SSSR count). The van der Waals surface area contributed by atoms with E-state index in [1.165, 1.54) is 12.8 Å². The third-order valence-corrected chi connectivity index (χ3v) is 2.67. The second kappa shape index (κ2) is 6.32. The average Bonchev–Trinajstić information content (AvgIpc) is 3.13. The second-order valence-corrected chi connectivity index (χ2v) is 4.28. The van der Waals surface area contributed by atoms with Crippen LogP contribution in [-0.2, 0) is 9.59 Å². The van der Waals surface area contributed by atoms with Crippen molar-refractivity contribution < 1.29 is 19.8 Å². The fourth-order valence-electron chi connectivity index (χ4n) is 1.31. The van der Waals surface area contributed by atoms with Crippen molar-refractivity contribution in [3.05, 3.63) is 29.0 Å². The molecule has 0 saturated heterocycles. The Hall–Kier alpha value is -1.66. The SMILES string of the molecule is NC(c1ccc(Cl)nc1)C1CC1.O=C(O)C(=O)O. The molecule has 1 aliphatic carbocycles. The van der Waals surface area contributed by atoms with Crippen molar-refractivity contribution in [2.75, 3.05) is 0 Å². The van der Waals surface area contributed by atoms with Crippen LogP contribution in [0.2, 0.25) is 5.15 Å². The molecule has 0 bridgehead atoms. The summed E-state index contributed by atoms with van der Waals surface area (Å²) in [4.78, 5) is 22.2. The normalized spacial score (nSPS) is 15.2. The number of carboxylic acids is 2. The van der Waals surface area contributed by atoms with E-state index in [0.717, 1.165) is 5.56 Å². The second-order valence-electron chi connectivity index (χ2n) is 3.89. The summed E-state index contributed by atoms with van der Waals surface area (Å²) in [6, 6.07) is 3.91. The average molecular weight is 273 g/mol. The molecule has 1 unspecified atom stereocenters. The fraction of sp³-hybridized carbons (Fsp3) is 0.364. The number of hydrogen-bond acceptors (Lipinski definition) is 4. The van der Waals surface area contributed by atoms with E-state index in [2.05, 4.69) is 4.98 Å². The molecule has 1 heterocycles. The van der Waals surface area contributed by atoms with E-state index >= 15 is 0 Å². The number of pyridine rings is 1. The molecule has 98 valence electrons. The van der Waals surface area contributed by atoms with Crippen LogP contribution in [0.3, 0.4) is 0 Å². The van der Waals surface area contributed by atoms with Gasteiger partial charge in [0, 0.05) is 12.2 Å². The number of carbonyl (C=O) groups is 2. The molecule has 18 heavy (non-hydrogen) atoms. The van der Waals surface area contributed by atoms with Crippen molar-refractivity contribution in [1.29, 1.82) is 0 Å². The van der Waals surface area contributed by atoms with Crippen LogP contribution in [0.25, 0.3) is 0 Å². The first-order valence-corrected chi connectivity index (χ1v) is 5.63. The van der Waals surface area contributed by atoms with Crippen LogP contribution in [0.4, 0.5) is 0 Å². The molecule has 0 radical (unpaired) electrons. The van der Waals surface area contributed by atoms with Crippen molar-refractivity contribution in [1.82, 2.24) is 4.98 Å². The molecular formula is C11H13ClN2O4. The topological polar surface area (TPSA) is 114 Å². The summed E-state index contributed by atoms with van der Waals surface area (Å²) in [5, 5.41) is 15.3. The predicted octanol–water partition coefficient (Wildman–Crippen LogP) is 1.30. The summed E-state index contributed by atoms with van der Waals surface area (Å²) >= 11 is 5.66. The van der Waals surface area contributed by atoms with E-state index in [1.807, 2.05) is 6.07 Å². The molecular weight excluding hydrogens is 260 g/mol. The maximum Gasteiger partial charge on any atom is 0.414 e. The van der Waals surface area contributed by atoms with Crippen molar-refractivity contribution in [3.63, 3.8) is 0 Å². The van der Waals surface area contributed by atoms with Gasteiger partial charge in [0.1, 0.15) is 5.15 Å². The number of nitrogens with zero attached hydrogens (tertiary/aromatic N) is 1. The van der Waals surface area contributed by atoms with Gasteiger partial charge in [0.15, 0.2) is 0 Å². The van der Waals surface area contributed by atoms with Gasteiger partial charge in [0.05, 0.1) is 0 Å². The monoisotopic (exact) mass is 272 g/mol. The Balaban J connectivity index is 0.000000232. The van der Waals surface area contributed by atoms with Gasteiger partial charge < -0.3 is 15.9 Å². The molecule has 6 nitrogen and oxygen atoms in total. The van der Waals surface area contributed by atoms with Gasteiger partial charge in [-0.2, -0.15) is 0 Å². The highest BCUT2D eigenvalue weighted by Gasteiger charge is 2.29. The molecule has 4 N–H and O–H groups in total. The number of aliphatic carboxylic acids is 2. The molecule has 1 aromatic rings. The lowest BCUT2D eigenvalue weighted by Gasteiger charge is -2.08. The quantitative estimate of drug-likeness (QED) is 0.552. The summed E-state index contributed by atoms with van der Waals surface area (Å²) in [5.41, 5.74) is 7.07. The van der Waals surface area contributed by atoms with E-state index in [0.29, 0.717) is 11.1 Å². The van der Waals surface area contributed by atoms with Gasteiger partial charge in [0.2, 0.25) is 0 Å². The van der Waals surface area contributed by atoms with Gasteiger partial charge in [-0.3, -0.25) is 0 Å². The number of aromatic nitrogens is 1. The van der Waals surface area contributed by atoms with Crippen molar-refractivity contribution >= 4 is 23.5 Å². The molecule has 0 amide bonds. The minimum atomic E-state index is -1.82. The minimum Gasteiger partial charge on any atom is -0.473 e. The van der Waals surface area contributed by atoms with Crippen molar-refractivity contribution in [2.24, 2.45) is 11.7 Å². The first-order chi connectivity index (χ1) is 8.41. The molecule has 7 heteroatoms. The summed E-state index contributed by atoms with van der Waals surface area (Å²) in [6.07, 6.45) is 4.28. The van der Waals surface area contributed by atoms with E-state index in [9.17, 15) is 0 Å².